The quantitative estimate of drug-likeness (QED) is 0.661. The van der Waals surface area contributed by atoms with E-state index in [2.05, 4.69) is 14.9 Å². The van der Waals surface area contributed by atoms with Gasteiger partial charge in [-0.2, -0.15) is 17.4 Å². The van der Waals surface area contributed by atoms with E-state index in [9.17, 15) is 22.4 Å². The average molecular weight is 455 g/mol. The standard InChI is InChI=1S/C20H27FN4O5S/c1-11-8-9-15(21)17(12(11)2)13(3)18(19-22-23-20(27)30-19)24-31(28,29)25-10-6-5-7-16(25)14(4)26/h8-9,13,16,18,24H,5-7,10H2,1-4H3,(H,23,27)/t13-,16-,18+/m1/s1. The molecule has 0 spiro atoms. The molecule has 3 rings (SSSR count). The number of ketones is 1. The third-order valence-electron chi connectivity index (χ3n) is 5.92. The van der Waals surface area contributed by atoms with Gasteiger partial charge in [-0.3, -0.25) is 4.79 Å². The van der Waals surface area contributed by atoms with Crippen LogP contribution in [-0.4, -0.2) is 41.3 Å². The molecule has 0 saturated carbocycles. The second-order valence-electron chi connectivity index (χ2n) is 7.98. The minimum atomic E-state index is -4.18. The lowest BCUT2D eigenvalue weighted by Crippen LogP contribution is -2.52. The van der Waals surface area contributed by atoms with Crippen LogP contribution < -0.4 is 10.5 Å². The molecule has 1 saturated heterocycles. The smallest absolute Gasteiger partial charge is 0.391 e. The van der Waals surface area contributed by atoms with Crippen LogP contribution in [0.25, 0.3) is 0 Å². The number of hydrogen-bond acceptors (Lipinski definition) is 6. The van der Waals surface area contributed by atoms with Crippen LogP contribution in [0.4, 0.5) is 4.39 Å². The molecule has 0 radical (unpaired) electrons. The second kappa shape index (κ2) is 9.01. The number of nitrogens with one attached hydrogen (secondary N) is 2. The molecule has 31 heavy (non-hydrogen) atoms. The second-order valence-corrected chi connectivity index (χ2v) is 9.63. The van der Waals surface area contributed by atoms with Gasteiger partial charge in [0.05, 0.1) is 6.04 Å². The Morgan fingerprint density at radius 1 is 1.35 bits per heavy atom. The highest BCUT2D eigenvalue weighted by Gasteiger charge is 2.39. The molecule has 1 aromatic carbocycles. The van der Waals surface area contributed by atoms with Crippen molar-refractivity contribution in [2.45, 2.75) is 65.0 Å². The van der Waals surface area contributed by atoms with E-state index in [1.165, 1.54) is 13.0 Å². The van der Waals surface area contributed by atoms with E-state index < -0.39 is 39.8 Å². The number of carbonyl (C=O) groups excluding carboxylic acids is 1. The van der Waals surface area contributed by atoms with Crippen LogP contribution in [-0.2, 0) is 15.0 Å². The normalized spacial score (nSPS) is 19.8. The molecule has 9 nitrogen and oxygen atoms in total. The molecule has 170 valence electrons. The number of rotatable bonds is 7. The Bertz CT molecular complexity index is 1130. The van der Waals surface area contributed by atoms with Gasteiger partial charge >= 0.3 is 5.76 Å². The van der Waals surface area contributed by atoms with Gasteiger partial charge in [-0.05, 0) is 56.4 Å². The summed E-state index contributed by atoms with van der Waals surface area (Å²) in [5.74, 6) is -2.58. The fourth-order valence-electron chi connectivity index (χ4n) is 4.10. The maximum atomic E-state index is 14.8. The van der Waals surface area contributed by atoms with Gasteiger partial charge in [-0.1, -0.05) is 19.4 Å². The zero-order chi connectivity index (χ0) is 22.9. The summed E-state index contributed by atoms with van der Waals surface area (Å²) < 4.78 is 50.0. The summed E-state index contributed by atoms with van der Waals surface area (Å²) in [6.07, 6.45) is 1.80. The Kier molecular flexibility index (Phi) is 6.77. The SMILES string of the molecule is CC(=O)[C@H]1CCCCN1S(=O)(=O)N[C@H](c1n[nH]c(=O)o1)[C@H](C)c1c(F)ccc(C)c1C. The first kappa shape index (κ1) is 23.3. The van der Waals surface area contributed by atoms with Crippen LogP contribution in [0.5, 0.6) is 0 Å². The zero-order valence-corrected chi connectivity index (χ0v) is 18.8. The molecule has 1 aliphatic rings. The van der Waals surface area contributed by atoms with E-state index in [-0.39, 0.29) is 18.2 Å². The predicted molar refractivity (Wildman–Crippen MR) is 111 cm³/mol. The van der Waals surface area contributed by atoms with E-state index in [4.69, 9.17) is 4.42 Å². The number of piperidine rings is 1. The lowest BCUT2D eigenvalue weighted by Gasteiger charge is -2.35. The first-order valence-electron chi connectivity index (χ1n) is 10.1. The summed E-state index contributed by atoms with van der Waals surface area (Å²) in [6, 6.07) is 1.01. The highest BCUT2D eigenvalue weighted by Crippen LogP contribution is 2.35. The molecule has 0 aliphatic carbocycles. The molecule has 3 atom stereocenters. The summed E-state index contributed by atoms with van der Waals surface area (Å²) >= 11 is 0. The summed E-state index contributed by atoms with van der Waals surface area (Å²) in [7, 11) is -4.18. The van der Waals surface area contributed by atoms with E-state index in [1.807, 2.05) is 6.92 Å². The number of carbonyl (C=O) groups is 1. The number of Topliss-reactive ketones (excluding diaryl/α,β-unsaturated/α-hetero) is 1. The summed E-state index contributed by atoms with van der Waals surface area (Å²) in [5.41, 5.74) is 1.79. The lowest BCUT2D eigenvalue weighted by atomic mass is 9.88. The van der Waals surface area contributed by atoms with Crippen LogP contribution in [0.15, 0.2) is 21.3 Å². The number of halogens is 1. The van der Waals surface area contributed by atoms with Gasteiger partial charge in [0.15, 0.2) is 0 Å². The molecule has 11 heteroatoms. The Morgan fingerprint density at radius 2 is 2.06 bits per heavy atom. The minimum absolute atomic E-state index is 0.184. The topological polar surface area (TPSA) is 125 Å². The molecule has 0 unspecified atom stereocenters. The Hall–Kier alpha value is -2.37. The summed E-state index contributed by atoms with van der Waals surface area (Å²) in [4.78, 5) is 23.6. The number of hydrogen-bond donors (Lipinski definition) is 2. The Balaban J connectivity index is 2.04. The van der Waals surface area contributed by atoms with Crippen LogP contribution >= 0.6 is 0 Å². The van der Waals surface area contributed by atoms with E-state index in [1.54, 1.807) is 19.9 Å². The predicted octanol–water partition coefficient (Wildman–Crippen LogP) is 2.24. The molecule has 2 heterocycles. The van der Waals surface area contributed by atoms with Crippen LogP contribution in [0.3, 0.4) is 0 Å². The van der Waals surface area contributed by atoms with Crippen molar-refractivity contribution < 1.29 is 22.0 Å². The van der Waals surface area contributed by atoms with Crippen LogP contribution in [0.1, 0.15) is 67.7 Å². The first-order chi connectivity index (χ1) is 14.5. The minimum Gasteiger partial charge on any atom is -0.391 e. The van der Waals surface area contributed by atoms with Crippen molar-refractivity contribution >= 4 is 16.0 Å². The molecular weight excluding hydrogens is 427 g/mol. The third-order valence-corrected chi connectivity index (χ3v) is 7.52. The molecule has 1 aromatic heterocycles. The van der Waals surface area contributed by atoms with Gasteiger partial charge < -0.3 is 4.42 Å². The molecule has 1 fully saturated rings. The maximum absolute atomic E-state index is 14.8. The van der Waals surface area contributed by atoms with Gasteiger partial charge in [-0.25, -0.2) is 14.3 Å². The zero-order valence-electron chi connectivity index (χ0n) is 17.9. The summed E-state index contributed by atoms with van der Waals surface area (Å²) in [5, 5.41) is 5.91. The number of nitrogens with zero attached hydrogens (tertiary/aromatic N) is 2. The van der Waals surface area contributed by atoms with Gasteiger partial charge in [0, 0.05) is 12.5 Å². The van der Waals surface area contributed by atoms with Crippen molar-refractivity contribution in [3.8, 4) is 0 Å². The number of benzene rings is 1. The Morgan fingerprint density at radius 3 is 2.68 bits per heavy atom. The number of aromatic nitrogens is 2. The number of aryl methyl sites for hydroxylation is 1. The molecule has 2 N–H and O–H groups in total. The highest BCUT2D eigenvalue weighted by molar-refractivity contribution is 7.87. The third kappa shape index (κ3) is 4.78. The van der Waals surface area contributed by atoms with Crippen molar-refractivity contribution in [3.05, 3.63) is 51.1 Å². The Labute approximate surface area is 180 Å². The lowest BCUT2D eigenvalue weighted by molar-refractivity contribution is -0.121. The number of aromatic amines is 1. The van der Waals surface area contributed by atoms with Gasteiger partial charge in [0.1, 0.15) is 17.6 Å². The maximum Gasteiger partial charge on any atom is 0.434 e. The summed E-state index contributed by atoms with van der Waals surface area (Å²) in [6.45, 7) is 6.74. The molecule has 0 amide bonds. The van der Waals surface area contributed by atoms with Gasteiger partial charge in [-0.15, -0.1) is 5.10 Å². The van der Waals surface area contributed by atoms with Crippen molar-refractivity contribution in [3.63, 3.8) is 0 Å². The van der Waals surface area contributed by atoms with Gasteiger partial charge in [0.2, 0.25) is 5.89 Å². The molecule has 2 aromatic rings. The van der Waals surface area contributed by atoms with Crippen molar-refractivity contribution in [2.24, 2.45) is 0 Å². The van der Waals surface area contributed by atoms with Crippen molar-refractivity contribution in [1.29, 1.82) is 0 Å². The number of H-pyrrole nitrogens is 1. The monoisotopic (exact) mass is 454 g/mol. The largest absolute Gasteiger partial charge is 0.434 e. The molecular formula is C20H27FN4O5S. The average Bonchev–Trinajstić information content (AvgIpc) is 3.15. The van der Waals surface area contributed by atoms with Crippen molar-refractivity contribution in [2.75, 3.05) is 6.54 Å². The van der Waals surface area contributed by atoms with Gasteiger partial charge in [0.25, 0.3) is 10.2 Å². The van der Waals surface area contributed by atoms with E-state index >= 15 is 0 Å². The molecule has 1 aliphatic heterocycles. The van der Waals surface area contributed by atoms with Crippen LogP contribution in [0, 0.1) is 19.7 Å². The fourth-order valence-corrected chi connectivity index (χ4v) is 5.82. The van der Waals surface area contributed by atoms with E-state index in [0.29, 0.717) is 24.0 Å². The fraction of sp³-hybridized carbons (Fsp3) is 0.550. The first-order valence-corrected chi connectivity index (χ1v) is 11.6. The van der Waals surface area contributed by atoms with Crippen molar-refractivity contribution in [1.82, 2.24) is 19.2 Å². The van der Waals surface area contributed by atoms with Crippen LogP contribution in [0.2, 0.25) is 0 Å². The highest BCUT2D eigenvalue weighted by atomic mass is 32.2. The van der Waals surface area contributed by atoms with E-state index in [0.717, 1.165) is 16.3 Å². The molecule has 0 bridgehead atoms.